The van der Waals surface area contributed by atoms with Crippen molar-refractivity contribution in [3.05, 3.63) is 12.4 Å². The highest BCUT2D eigenvalue weighted by atomic mass is 16.5. The normalized spacial score (nSPS) is 10.5. The van der Waals surface area contributed by atoms with Gasteiger partial charge < -0.3 is 15.0 Å². The Kier molecular flexibility index (Phi) is 5.56. The van der Waals surface area contributed by atoms with Crippen molar-refractivity contribution in [2.75, 3.05) is 38.6 Å². The van der Waals surface area contributed by atoms with Gasteiger partial charge in [0.1, 0.15) is 12.1 Å². The number of nitrogens with one attached hydrogen (secondary N) is 1. The van der Waals surface area contributed by atoms with E-state index in [0.29, 0.717) is 5.88 Å². The molecule has 1 rings (SSSR count). The second-order valence-corrected chi connectivity index (χ2v) is 3.40. The van der Waals surface area contributed by atoms with Crippen LogP contribution in [0.4, 0.5) is 5.82 Å². The predicted molar refractivity (Wildman–Crippen MR) is 64.9 cm³/mol. The Morgan fingerprint density at radius 3 is 2.69 bits per heavy atom. The van der Waals surface area contributed by atoms with Crippen LogP contribution in [0.1, 0.15) is 13.8 Å². The summed E-state index contributed by atoms with van der Waals surface area (Å²) < 4.78 is 5.02. The highest BCUT2D eigenvalue weighted by Crippen LogP contribution is 2.09. The zero-order valence-corrected chi connectivity index (χ0v) is 10.2. The van der Waals surface area contributed by atoms with Gasteiger partial charge in [0, 0.05) is 19.2 Å². The van der Waals surface area contributed by atoms with Crippen LogP contribution in [0, 0.1) is 0 Å². The van der Waals surface area contributed by atoms with E-state index in [4.69, 9.17) is 4.74 Å². The number of methoxy groups -OCH3 is 1. The van der Waals surface area contributed by atoms with Crippen molar-refractivity contribution in [1.29, 1.82) is 0 Å². The van der Waals surface area contributed by atoms with Crippen LogP contribution in [0.3, 0.4) is 0 Å². The number of likely N-dealkylation sites (N-methyl/N-ethyl adjacent to an activating group) is 1. The fourth-order valence-electron chi connectivity index (χ4n) is 1.43. The monoisotopic (exact) mass is 224 g/mol. The van der Waals surface area contributed by atoms with Crippen LogP contribution in [0.2, 0.25) is 0 Å². The third-order valence-corrected chi connectivity index (χ3v) is 2.48. The van der Waals surface area contributed by atoms with Crippen molar-refractivity contribution in [2.24, 2.45) is 0 Å². The van der Waals surface area contributed by atoms with Gasteiger partial charge in [0.15, 0.2) is 0 Å². The third-order valence-electron chi connectivity index (χ3n) is 2.48. The van der Waals surface area contributed by atoms with Crippen molar-refractivity contribution in [3.63, 3.8) is 0 Å². The molecule has 0 bridgehead atoms. The lowest BCUT2D eigenvalue weighted by atomic mass is 10.4. The minimum absolute atomic E-state index is 0.584. The summed E-state index contributed by atoms with van der Waals surface area (Å²) in [5.74, 6) is 1.39. The molecule has 0 fully saturated rings. The number of anilines is 1. The molecule has 0 radical (unpaired) electrons. The summed E-state index contributed by atoms with van der Waals surface area (Å²) in [6, 6.07) is 1.79. The number of rotatable bonds is 7. The minimum atomic E-state index is 0.584. The molecule has 0 amide bonds. The van der Waals surface area contributed by atoms with Crippen LogP contribution in [0.25, 0.3) is 0 Å². The molecule has 0 unspecified atom stereocenters. The summed E-state index contributed by atoms with van der Waals surface area (Å²) in [4.78, 5) is 10.4. The second kappa shape index (κ2) is 7.00. The van der Waals surface area contributed by atoms with E-state index < -0.39 is 0 Å². The lowest BCUT2D eigenvalue weighted by Crippen LogP contribution is -2.28. The first-order chi connectivity index (χ1) is 7.80. The number of aromatic nitrogens is 2. The standard InChI is InChI=1S/C11H20N4O/c1-4-15(5-2)7-6-12-10-8-11(16-3)14-9-13-10/h8-9H,4-7H2,1-3H3,(H,12,13,14). The molecule has 0 atom stereocenters. The highest BCUT2D eigenvalue weighted by Gasteiger charge is 2.00. The molecule has 0 saturated heterocycles. The van der Waals surface area contributed by atoms with Crippen LogP contribution in [0.5, 0.6) is 5.88 Å². The van der Waals surface area contributed by atoms with E-state index in [1.165, 1.54) is 6.33 Å². The quantitative estimate of drug-likeness (QED) is 0.755. The van der Waals surface area contributed by atoms with Crippen LogP contribution >= 0.6 is 0 Å². The van der Waals surface area contributed by atoms with Crippen molar-refractivity contribution in [2.45, 2.75) is 13.8 Å². The molecule has 90 valence electrons. The maximum absolute atomic E-state index is 5.02. The molecule has 1 aromatic heterocycles. The van der Waals surface area contributed by atoms with Gasteiger partial charge in [0.2, 0.25) is 5.88 Å². The lowest BCUT2D eigenvalue weighted by Gasteiger charge is -2.18. The largest absolute Gasteiger partial charge is 0.481 e. The smallest absolute Gasteiger partial charge is 0.218 e. The summed E-state index contributed by atoms with van der Waals surface area (Å²) in [7, 11) is 1.60. The summed E-state index contributed by atoms with van der Waals surface area (Å²) in [6.07, 6.45) is 1.50. The van der Waals surface area contributed by atoms with E-state index in [9.17, 15) is 0 Å². The third kappa shape index (κ3) is 4.02. The Hall–Kier alpha value is -1.36. The van der Waals surface area contributed by atoms with Crippen LogP contribution < -0.4 is 10.1 Å². The molecule has 0 saturated carbocycles. The summed E-state index contributed by atoms with van der Waals surface area (Å²) in [5, 5.41) is 3.25. The van der Waals surface area contributed by atoms with Gasteiger partial charge in [0.05, 0.1) is 7.11 Å². The summed E-state index contributed by atoms with van der Waals surface area (Å²) in [6.45, 7) is 8.37. The van der Waals surface area contributed by atoms with Crippen molar-refractivity contribution >= 4 is 5.82 Å². The molecule has 0 aliphatic rings. The Balaban J connectivity index is 2.36. The molecule has 1 aromatic rings. The summed E-state index contributed by atoms with van der Waals surface area (Å²) in [5.41, 5.74) is 0. The summed E-state index contributed by atoms with van der Waals surface area (Å²) >= 11 is 0. The zero-order valence-electron chi connectivity index (χ0n) is 10.2. The Morgan fingerprint density at radius 2 is 2.06 bits per heavy atom. The van der Waals surface area contributed by atoms with E-state index in [1.54, 1.807) is 13.2 Å². The number of hydrogen-bond acceptors (Lipinski definition) is 5. The molecule has 0 spiro atoms. The fourth-order valence-corrected chi connectivity index (χ4v) is 1.43. The Bertz CT molecular complexity index is 302. The molecule has 16 heavy (non-hydrogen) atoms. The molecule has 5 heteroatoms. The van der Waals surface area contributed by atoms with Gasteiger partial charge in [-0.1, -0.05) is 13.8 Å². The van der Waals surface area contributed by atoms with E-state index in [1.807, 2.05) is 0 Å². The van der Waals surface area contributed by atoms with Gasteiger partial charge in [-0.3, -0.25) is 0 Å². The molecule has 0 aliphatic heterocycles. The Labute approximate surface area is 96.8 Å². The van der Waals surface area contributed by atoms with Gasteiger partial charge in [-0.05, 0) is 13.1 Å². The van der Waals surface area contributed by atoms with Crippen molar-refractivity contribution in [3.8, 4) is 5.88 Å². The second-order valence-electron chi connectivity index (χ2n) is 3.40. The molecule has 0 aliphatic carbocycles. The maximum Gasteiger partial charge on any atom is 0.218 e. The van der Waals surface area contributed by atoms with Gasteiger partial charge in [0.25, 0.3) is 0 Å². The SMILES string of the molecule is CCN(CC)CCNc1cc(OC)ncn1. The minimum Gasteiger partial charge on any atom is -0.481 e. The van der Waals surface area contributed by atoms with Gasteiger partial charge >= 0.3 is 0 Å². The lowest BCUT2D eigenvalue weighted by molar-refractivity contribution is 0.316. The van der Waals surface area contributed by atoms with Crippen LogP contribution in [-0.2, 0) is 0 Å². The number of hydrogen-bond donors (Lipinski definition) is 1. The first-order valence-electron chi connectivity index (χ1n) is 5.62. The molecular formula is C11H20N4O. The molecule has 5 nitrogen and oxygen atoms in total. The van der Waals surface area contributed by atoms with Crippen molar-refractivity contribution < 1.29 is 4.74 Å². The van der Waals surface area contributed by atoms with E-state index in [-0.39, 0.29) is 0 Å². The first-order valence-corrected chi connectivity index (χ1v) is 5.62. The maximum atomic E-state index is 5.02. The Morgan fingerprint density at radius 1 is 1.31 bits per heavy atom. The molecular weight excluding hydrogens is 204 g/mol. The van der Waals surface area contributed by atoms with Gasteiger partial charge in [-0.2, -0.15) is 0 Å². The van der Waals surface area contributed by atoms with E-state index >= 15 is 0 Å². The first kappa shape index (κ1) is 12.7. The topological polar surface area (TPSA) is 50.3 Å². The van der Waals surface area contributed by atoms with E-state index in [2.05, 4.69) is 34.0 Å². The average Bonchev–Trinajstić information content (AvgIpc) is 2.35. The van der Waals surface area contributed by atoms with Gasteiger partial charge in [-0.25, -0.2) is 9.97 Å². The molecule has 1 heterocycles. The fraction of sp³-hybridized carbons (Fsp3) is 0.636. The number of ether oxygens (including phenoxy) is 1. The number of nitrogens with zero attached hydrogens (tertiary/aromatic N) is 3. The zero-order chi connectivity index (χ0) is 11.8. The predicted octanol–water partition coefficient (Wildman–Crippen LogP) is 1.24. The van der Waals surface area contributed by atoms with Crippen LogP contribution in [0.15, 0.2) is 12.4 Å². The highest BCUT2D eigenvalue weighted by molar-refractivity contribution is 5.36. The molecule has 1 N–H and O–H groups in total. The molecule has 0 aromatic carbocycles. The van der Waals surface area contributed by atoms with Crippen molar-refractivity contribution in [1.82, 2.24) is 14.9 Å². The van der Waals surface area contributed by atoms with Gasteiger partial charge in [-0.15, -0.1) is 0 Å². The average molecular weight is 224 g/mol. The van der Waals surface area contributed by atoms with E-state index in [0.717, 1.165) is 32.0 Å². The van der Waals surface area contributed by atoms with Crippen LogP contribution in [-0.4, -0.2) is 48.2 Å².